The van der Waals surface area contributed by atoms with Crippen molar-refractivity contribution in [1.29, 1.82) is 0 Å². The molecule has 156 valence electrons. The SMILES string of the molecule is CCOc1ccccc1NC(=O)CCc1ccc(S(=O)(=O)N2CCCCC2)cc1. The lowest BCUT2D eigenvalue weighted by molar-refractivity contribution is -0.116. The molecule has 1 amide bonds. The maximum Gasteiger partial charge on any atom is 0.243 e. The van der Waals surface area contributed by atoms with Gasteiger partial charge in [-0.1, -0.05) is 30.7 Å². The zero-order valence-electron chi connectivity index (χ0n) is 16.8. The number of rotatable bonds is 8. The van der Waals surface area contributed by atoms with E-state index >= 15 is 0 Å². The number of ether oxygens (including phenoxy) is 1. The maximum atomic E-state index is 12.7. The molecule has 0 atom stereocenters. The van der Waals surface area contributed by atoms with E-state index in [2.05, 4.69) is 5.32 Å². The van der Waals surface area contributed by atoms with E-state index in [0.29, 0.717) is 48.9 Å². The second-order valence-electron chi connectivity index (χ2n) is 7.09. The van der Waals surface area contributed by atoms with Crippen LogP contribution in [0, 0.1) is 0 Å². The van der Waals surface area contributed by atoms with Crippen LogP contribution in [0.1, 0.15) is 38.2 Å². The smallest absolute Gasteiger partial charge is 0.243 e. The van der Waals surface area contributed by atoms with Gasteiger partial charge in [0, 0.05) is 19.5 Å². The molecule has 2 aromatic rings. The first-order chi connectivity index (χ1) is 14.0. The van der Waals surface area contributed by atoms with Gasteiger partial charge < -0.3 is 10.1 Å². The molecule has 0 unspecified atom stereocenters. The van der Waals surface area contributed by atoms with E-state index < -0.39 is 10.0 Å². The summed E-state index contributed by atoms with van der Waals surface area (Å²) in [4.78, 5) is 12.6. The molecule has 7 heteroatoms. The number of piperidine rings is 1. The highest BCUT2D eigenvalue weighted by Gasteiger charge is 2.25. The van der Waals surface area contributed by atoms with Gasteiger partial charge in [0.1, 0.15) is 5.75 Å². The fraction of sp³-hybridized carbons (Fsp3) is 0.409. The molecule has 29 heavy (non-hydrogen) atoms. The summed E-state index contributed by atoms with van der Waals surface area (Å²) in [5.74, 6) is 0.540. The second kappa shape index (κ2) is 9.89. The van der Waals surface area contributed by atoms with Crippen molar-refractivity contribution in [2.24, 2.45) is 0 Å². The number of hydrogen-bond donors (Lipinski definition) is 1. The number of nitrogens with one attached hydrogen (secondary N) is 1. The minimum absolute atomic E-state index is 0.109. The van der Waals surface area contributed by atoms with Crippen LogP contribution in [0.15, 0.2) is 53.4 Å². The van der Waals surface area contributed by atoms with Gasteiger partial charge in [0.2, 0.25) is 15.9 Å². The maximum absolute atomic E-state index is 12.7. The number of para-hydroxylation sites is 2. The summed E-state index contributed by atoms with van der Waals surface area (Å²) >= 11 is 0. The minimum atomic E-state index is -3.42. The first-order valence-electron chi connectivity index (χ1n) is 10.1. The summed E-state index contributed by atoms with van der Waals surface area (Å²) < 4.78 is 32.5. The highest BCUT2D eigenvalue weighted by Crippen LogP contribution is 2.24. The predicted octanol–water partition coefficient (Wildman–Crippen LogP) is 3.83. The quantitative estimate of drug-likeness (QED) is 0.710. The minimum Gasteiger partial charge on any atom is -0.492 e. The Morgan fingerprint density at radius 1 is 1.03 bits per heavy atom. The number of aryl methyl sites for hydroxylation is 1. The molecule has 1 fully saturated rings. The Balaban J connectivity index is 1.57. The Bertz CT molecular complexity index is 920. The van der Waals surface area contributed by atoms with E-state index in [1.165, 1.54) is 0 Å². The Kier molecular flexibility index (Phi) is 7.28. The van der Waals surface area contributed by atoms with Crippen LogP contribution in [0.4, 0.5) is 5.69 Å². The lowest BCUT2D eigenvalue weighted by Gasteiger charge is -2.25. The molecule has 0 bridgehead atoms. The molecule has 1 heterocycles. The molecule has 0 aromatic heterocycles. The first-order valence-corrected chi connectivity index (χ1v) is 11.6. The molecular weight excluding hydrogens is 388 g/mol. The van der Waals surface area contributed by atoms with Crippen molar-refractivity contribution in [1.82, 2.24) is 4.31 Å². The number of nitrogens with zero attached hydrogens (tertiary/aromatic N) is 1. The van der Waals surface area contributed by atoms with Crippen molar-refractivity contribution in [3.63, 3.8) is 0 Å². The van der Waals surface area contributed by atoms with Gasteiger partial charge in [-0.2, -0.15) is 4.31 Å². The van der Waals surface area contributed by atoms with Gasteiger partial charge in [0.25, 0.3) is 0 Å². The van der Waals surface area contributed by atoms with Gasteiger partial charge in [0.15, 0.2) is 0 Å². The number of benzene rings is 2. The fourth-order valence-electron chi connectivity index (χ4n) is 3.40. The van der Waals surface area contributed by atoms with Crippen molar-refractivity contribution in [3.05, 3.63) is 54.1 Å². The van der Waals surface area contributed by atoms with Crippen molar-refractivity contribution in [2.45, 2.75) is 43.9 Å². The second-order valence-corrected chi connectivity index (χ2v) is 9.02. The average Bonchev–Trinajstić information content (AvgIpc) is 2.75. The normalized spacial score (nSPS) is 15.1. The van der Waals surface area contributed by atoms with Gasteiger partial charge in [-0.05, 0) is 56.0 Å². The van der Waals surface area contributed by atoms with Crippen LogP contribution < -0.4 is 10.1 Å². The summed E-state index contributed by atoms with van der Waals surface area (Å²) in [5, 5.41) is 2.88. The van der Waals surface area contributed by atoms with Crippen LogP contribution in [0.25, 0.3) is 0 Å². The van der Waals surface area contributed by atoms with E-state index in [4.69, 9.17) is 4.74 Å². The Hall–Kier alpha value is -2.38. The highest BCUT2D eigenvalue weighted by molar-refractivity contribution is 7.89. The molecular formula is C22H28N2O4S. The molecule has 6 nitrogen and oxygen atoms in total. The summed E-state index contributed by atoms with van der Waals surface area (Å²) in [5.41, 5.74) is 1.58. The van der Waals surface area contributed by atoms with Gasteiger partial charge in [-0.3, -0.25) is 4.79 Å². The summed E-state index contributed by atoms with van der Waals surface area (Å²) in [6.07, 6.45) is 3.76. The van der Waals surface area contributed by atoms with E-state index in [-0.39, 0.29) is 5.91 Å². The lowest BCUT2D eigenvalue weighted by atomic mass is 10.1. The number of anilines is 1. The molecule has 1 aliphatic rings. The Morgan fingerprint density at radius 2 is 1.72 bits per heavy atom. The van der Waals surface area contributed by atoms with Gasteiger partial charge >= 0.3 is 0 Å². The van der Waals surface area contributed by atoms with E-state index in [1.54, 1.807) is 28.6 Å². The van der Waals surface area contributed by atoms with Crippen molar-refractivity contribution < 1.29 is 17.9 Å². The standard InChI is InChI=1S/C22H28N2O4S/c1-2-28-21-9-5-4-8-20(21)23-22(25)15-12-18-10-13-19(14-11-18)29(26,27)24-16-6-3-7-17-24/h4-5,8-11,13-14H,2-3,6-7,12,15-17H2,1H3,(H,23,25). The third-order valence-corrected chi connectivity index (χ3v) is 6.89. The molecule has 2 aromatic carbocycles. The molecule has 0 radical (unpaired) electrons. The van der Waals surface area contributed by atoms with Crippen LogP contribution in [0.2, 0.25) is 0 Å². The lowest BCUT2D eigenvalue weighted by Crippen LogP contribution is -2.35. The number of carbonyl (C=O) groups is 1. The fourth-order valence-corrected chi connectivity index (χ4v) is 4.92. The highest BCUT2D eigenvalue weighted by atomic mass is 32.2. The topological polar surface area (TPSA) is 75.7 Å². The van der Waals surface area contributed by atoms with E-state index in [9.17, 15) is 13.2 Å². The number of amides is 1. The van der Waals surface area contributed by atoms with Crippen LogP contribution >= 0.6 is 0 Å². The van der Waals surface area contributed by atoms with Crippen molar-refractivity contribution >= 4 is 21.6 Å². The number of sulfonamides is 1. The average molecular weight is 417 g/mol. The van der Waals surface area contributed by atoms with Crippen LogP contribution in [-0.2, 0) is 21.2 Å². The third kappa shape index (κ3) is 5.58. The van der Waals surface area contributed by atoms with Gasteiger partial charge in [0.05, 0.1) is 17.2 Å². The monoisotopic (exact) mass is 416 g/mol. The van der Waals surface area contributed by atoms with Crippen molar-refractivity contribution in [2.75, 3.05) is 25.0 Å². The third-order valence-electron chi connectivity index (χ3n) is 4.98. The number of carbonyl (C=O) groups excluding carboxylic acids is 1. The van der Waals surface area contributed by atoms with Crippen molar-refractivity contribution in [3.8, 4) is 5.75 Å². The molecule has 0 spiro atoms. The molecule has 0 aliphatic carbocycles. The van der Waals surface area contributed by atoms with Gasteiger partial charge in [-0.15, -0.1) is 0 Å². The summed E-state index contributed by atoms with van der Waals surface area (Å²) in [7, 11) is -3.42. The number of hydrogen-bond acceptors (Lipinski definition) is 4. The zero-order chi connectivity index (χ0) is 20.7. The first kappa shape index (κ1) is 21.3. The van der Waals surface area contributed by atoms with Gasteiger partial charge in [-0.25, -0.2) is 8.42 Å². The molecule has 1 N–H and O–H groups in total. The Labute approximate surface area is 172 Å². The molecule has 3 rings (SSSR count). The summed E-state index contributed by atoms with van der Waals surface area (Å²) in [6, 6.07) is 14.2. The predicted molar refractivity (Wildman–Crippen MR) is 114 cm³/mol. The summed E-state index contributed by atoms with van der Waals surface area (Å²) in [6.45, 7) is 3.61. The molecule has 0 saturated carbocycles. The van der Waals surface area contributed by atoms with E-state index in [1.807, 2.05) is 31.2 Å². The largest absolute Gasteiger partial charge is 0.492 e. The molecule has 1 saturated heterocycles. The van der Waals surface area contributed by atoms with Crippen LogP contribution in [0.5, 0.6) is 5.75 Å². The Morgan fingerprint density at radius 3 is 2.41 bits per heavy atom. The molecule has 1 aliphatic heterocycles. The van der Waals surface area contributed by atoms with Crippen LogP contribution in [-0.4, -0.2) is 38.3 Å². The van der Waals surface area contributed by atoms with E-state index in [0.717, 1.165) is 24.8 Å². The zero-order valence-corrected chi connectivity index (χ0v) is 17.6. The van der Waals surface area contributed by atoms with Crippen LogP contribution in [0.3, 0.4) is 0 Å².